The first-order chi connectivity index (χ1) is 3.25. The molecular formula is C3H8F2I2S2. The number of rotatable bonds is 1. The summed E-state index contributed by atoms with van der Waals surface area (Å²) < 4.78 is 22.9. The SMILES string of the molecule is C.CS(F)(I)C(F)(S)I. The minimum atomic E-state index is -2.69. The van der Waals surface area contributed by atoms with Crippen LogP contribution in [-0.2, 0) is 0 Å². The fourth-order valence-corrected chi connectivity index (χ4v) is 0. The van der Waals surface area contributed by atoms with Crippen molar-refractivity contribution in [3.05, 3.63) is 0 Å². The summed E-state index contributed by atoms with van der Waals surface area (Å²) in [5.74, 6) is 0. The largest absolute Gasteiger partial charge is 0.266 e. The Morgan fingerprint density at radius 3 is 1.78 bits per heavy atom. The predicted octanol–water partition coefficient (Wildman–Crippen LogP) is 4.24. The van der Waals surface area contributed by atoms with Gasteiger partial charge in [-0.05, 0) is 22.6 Å². The van der Waals surface area contributed by atoms with Crippen LogP contribution in [0.25, 0.3) is 0 Å². The summed E-state index contributed by atoms with van der Waals surface area (Å²) in [6.07, 6.45) is 1.22. The third-order valence-corrected chi connectivity index (χ3v) is 10.2. The quantitative estimate of drug-likeness (QED) is 0.380. The monoisotopic (exact) mass is 400 g/mol. The minimum absolute atomic E-state index is 0. The number of hydrogen-bond donors (Lipinski definition) is 1. The molecule has 0 aliphatic heterocycles. The highest BCUT2D eigenvalue weighted by molar-refractivity contribution is 14.2. The Morgan fingerprint density at radius 2 is 1.78 bits per heavy atom. The topological polar surface area (TPSA) is 0 Å². The standard InChI is InChI=1S/C2H4F2I2S2.CH4/c1-8(4,6)2(3,5)7;/h7H,1H3;1H4. The van der Waals surface area contributed by atoms with E-state index in [1.54, 1.807) is 0 Å². The molecule has 0 bridgehead atoms. The molecule has 2 atom stereocenters. The van der Waals surface area contributed by atoms with E-state index in [2.05, 4.69) is 12.6 Å². The Hall–Kier alpha value is 2.02. The zero-order valence-electron chi connectivity index (χ0n) is 3.87. The second kappa shape index (κ2) is 4.15. The van der Waals surface area contributed by atoms with Crippen LogP contribution in [-0.4, -0.2) is 8.60 Å². The van der Waals surface area contributed by atoms with Crippen LogP contribution in [0.2, 0.25) is 0 Å². The average Bonchev–Trinajstić information content (AvgIpc) is 1.25. The van der Waals surface area contributed by atoms with Crippen molar-refractivity contribution in [3.63, 3.8) is 0 Å². The van der Waals surface area contributed by atoms with E-state index in [-0.39, 0.29) is 7.43 Å². The van der Waals surface area contributed by atoms with Gasteiger partial charge >= 0.3 is 0 Å². The fourth-order valence-electron chi connectivity index (χ4n) is 0. The summed E-state index contributed by atoms with van der Waals surface area (Å²) in [7, 11) is -2.69. The molecule has 0 nitrogen and oxygen atoms in total. The average molecular weight is 400 g/mol. The van der Waals surface area contributed by atoms with Crippen molar-refractivity contribution in [1.82, 2.24) is 0 Å². The van der Waals surface area contributed by atoms with Gasteiger partial charge in [-0.1, -0.05) is 7.43 Å². The highest BCUT2D eigenvalue weighted by atomic mass is 127. The minimum Gasteiger partial charge on any atom is -0.207 e. The first kappa shape index (κ1) is 13.6. The maximum absolute atomic E-state index is 12.5. The van der Waals surface area contributed by atoms with Gasteiger partial charge in [-0.2, -0.15) is 3.89 Å². The van der Waals surface area contributed by atoms with E-state index in [9.17, 15) is 8.28 Å². The van der Waals surface area contributed by atoms with Crippen LogP contribution in [0.5, 0.6) is 0 Å². The van der Waals surface area contributed by atoms with Crippen molar-refractivity contribution >= 4 is 64.0 Å². The summed E-state index contributed by atoms with van der Waals surface area (Å²) in [5.41, 5.74) is 0. The maximum Gasteiger partial charge on any atom is 0.266 e. The number of halogens is 4. The molecule has 0 heterocycles. The van der Waals surface area contributed by atoms with Crippen LogP contribution >= 0.6 is 64.0 Å². The lowest BCUT2D eigenvalue weighted by atomic mass is 11.8. The zero-order valence-corrected chi connectivity index (χ0v) is 9.89. The van der Waals surface area contributed by atoms with E-state index in [1.165, 1.54) is 50.1 Å². The Bertz CT molecular complexity index is 72.8. The van der Waals surface area contributed by atoms with Crippen LogP contribution < -0.4 is 0 Å². The summed E-state index contributed by atoms with van der Waals surface area (Å²) in [5, 5.41) is 0. The molecule has 0 aromatic heterocycles. The summed E-state index contributed by atoms with van der Waals surface area (Å²) in [6, 6.07) is 0. The van der Waals surface area contributed by atoms with Gasteiger partial charge < -0.3 is 0 Å². The van der Waals surface area contributed by atoms with Gasteiger partial charge in [0.1, 0.15) is 0 Å². The molecule has 0 saturated carbocycles. The molecule has 60 valence electrons. The van der Waals surface area contributed by atoms with Crippen molar-refractivity contribution in [2.75, 3.05) is 6.26 Å². The zero-order chi connectivity index (χ0) is 7.00. The molecule has 0 aliphatic rings. The lowest BCUT2D eigenvalue weighted by Crippen LogP contribution is -2.04. The molecule has 0 spiro atoms. The number of hydrogen-bond acceptors (Lipinski definition) is 1. The summed E-state index contributed by atoms with van der Waals surface area (Å²) in [6.45, 7) is 0. The van der Waals surface area contributed by atoms with Gasteiger partial charge in [0, 0.05) is 35.0 Å². The molecule has 0 aromatic rings. The molecule has 0 aromatic carbocycles. The normalized spacial score (nSPS) is 26.9. The molecule has 2 unspecified atom stereocenters. The third kappa shape index (κ3) is 5.31. The third-order valence-electron chi connectivity index (χ3n) is 0.431. The molecule has 0 saturated heterocycles. The Labute approximate surface area is 87.3 Å². The maximum atomic E-state index is 12.5. The fraction of sp³-hybridized carbons (Fsp3) is 1.00. The molecular weight excluding hydrogens is 392 g/mol. The lowest BCUT2D eigenvalue weighted by molar-refractivity contribution is 0.541. The second-order valence-corrected chi connectivity index (χ2v) is 12.2. The van der Waals surface area contributed by atoms with Gasteiger partial charge in [0.25, 0.3) is 2.34 Å². The molecule has 0 radical (unpaired) electrons. The molecule has 9 heavy (non-hydrogen) atoms. The van der Waals surface area contributed by atoms with Crippen molar-refractivity contribution in [2.24, 2.45) is 0 Å². The van der Waals surface area contributed by atoms with Crippen molar-refractivity contribution in [3.8, 4) is 0 Å². The van der Waals surface area contributed by atoms with E-state index < -0.39 is 9.92 Å². The van der Waals surface area contributed by atoms with Gasteiger partial charge in [-0.25, -0.2) is 4.39 Å². The number of thiol groups is 1. The van der Waals surface area contributed by atoms with Crippen LogP contribution in [0.1, 0.15) is 7.43 Å². The van der Waals surface area contributed by atoms with Crippen molar-refractivity contribution in [2.45, 2.75) is 9.77 Å². The molecule has 0 N–H and O–H groups in total. The van der Waals surface area contributed by atoms with Gasteiger partial charge in [-0.3, -0.25) is 0 Å². The van der Waals surface area contributed by atoms with E-state index in [0.29, 0.717) is 0 Å². The molecule has 6 heteroatoms. The molecule has 0 aliphatic carbocycles. The first-order valence-electron chi connectivity index (χ1n) is 1.52. The van der Waals surface area contributed by atoms with Gasteiger partial charge in [0.05, 0.1) is 0 Å². The van der Waals surface area contributed by atoms with E-state index >= 15 is 0 Å². The lowest BCUT2D eigenvalue weighted by Gasteiger charge is -2.25. The van der Waals surface area contributed by atoms with E-state index in [4.69, 9.17) is 0 Å². The smallest absolute Gasteiger partial charge is 0.207 e. The summed E-state index contributed by atoms with van der Waals surface area (Å²) >= 11 is 6.19. The van der Waals surface area contributed by atoms with Crippen LogP contribution in [0.3, 0.4) is 0 Å². The van der Waals surface area contributed by atoms with Gasteiger partial charge in [-0.15, -0.1) is 12.6 Å². The van der Waals surface area contributed by atoms with E-state index in [0.717, 1.165) is 0 Å². The van der Waals surface area contributed by atoms with Crippen molar-refractivity contribution < 1.29 is 8.28 Å². The van der Waals surface area contributed by atoms with Crippen LogP contribution in [0, 0.1) is 0 Å². The molecule has 0 fully saturated rings. The van der Waals surface area contributed by atoms with E-state index in [1.807, 2.05) is 0 Å². The Balaban J connectivity index is 0. The first-order valence-corrected chi connectivity index (χ1v) is 7.53. The highest BCUT2D eigenvalue weighted by Crippen LogP contribution is 2.70. The van der Waals surface area contributed by atoms with Gasteiger partial charge in [0.2, 0.25) is 0 Å². The van der Waals surface area contributed by atoms with Crippen LogP contribution in [0.15, 0.2) is 0 Å². The Kier molecular flexibility index (Phi) is 6.27. The van der Waals surface area contributed by atoms with Crippen LogP contribution in [0.4, 0.5) is 8.28 Å². The number of alkyl halides is 2. The Morgan fingerprint density at radius 1 is 1.67 bits per heavy atom. The predicted molar refractivity (Wildman–Crippen MR) is 62.2 cm³/mol. The highest BCUT2D eigenvalue weighted by Gasteiger charge is 2.37. The molecule has 0 rings (SSSR count). The second-order valence-electron chi connectivity index (χ2n) is 1.21. The summed E-state index contributed by atoms with van der Waals surface area (Å²) in [4.78, 5) is 0. The van der Waals surface area contributed by atoms with Gasteiger partial charge in [0.15, 0.2) is 0 Å². The molecule has 0 amide bonds. The van der Waals surface area contributed by atoms with Crippen molar-refractivity contribution in [1.29, 1.82) is 0 Å².